The van der Waals surface area contributed by atoms with Crippen molar-refractivity contribution in [3.63, 3.8) is 0 Å². The maximum absolute atomic E-state index is 11.0. The van der Waals surface area contributed by atoms with Gasteiger partial charge in [-0.2, -0.15) is 0 Å². The lowest BCUT2D eigenvalue weighted by Gasteiger charge is -2.44. The van der Waals surface area contributed by atoms with Crippen molar-refractivity contribution >= 4 is 5.97 Å². The number of carbonyl (C=O) groups is 1. The van der Waals surface area contributed by atoms with Crippen molar-refractivity contribution in [1.29, 1.82) is 0 Å². The minimum atomic E-state index is -0.950. The molecule has 2 rings (SSSR count). The molecule has 4 heteroatoms. The fraction of sp³-hybridized carbons (Fsp3) is 0.533. The second kappa shape index (κ2) is 4.94. The first-order chi connectivity index (χ1) is 8.85. The molecule has 1 aliphatic heterocycles. The van der Waals surface area contributed by atoms with Gasteiger partial charge in [0, 0.05) is 5.41 Å². The van der Waals surface area contributed by atoms with Gasteiger partial charge in [0.1, 0.15) is 6.04 Å². The first kappa shape index (κ1) is 14.0. The van der Waals surface area contributed by atoms with Crippen LogP contribution in [0.25, 0.3) is 0 Å². The average molecular weight is 263 g/mol. The fourth-order valence-electron chi connectivity index (χ4n) is 3.24. The van der Waals surface area contributed by atoms with Crippen molar-refractivity contribution < 1.29 is 14.6 Å². The summed E-state index contributed by atoms with van der Waals surface area (Å²) in [4.78, 5) is 11.0. The molecule has 1 fully saturated rings. The van der Waals surface area contributed by atoms with Gasteiger partial charge in [0.05, 0.1) is 13.2 Å². The molecule has 4 nitrogen and oxygen atoms in total. The van der Waals surface area contributed by atoms with Crippen LogP contribution in [0.1, 0.15) is 28.7 Å². The number of rotatable bonds is 4. The zero-order chi connectivity index (χ0) is 14.2. The predicted octanol–water partition coefficient (Wildman–Crippen LogP) is 1.68. The summed E-state index contributed by atoms with van der Waals surface area (Å²) in [6, 6.07) is 3.42. The molecule has 1 aromatic rings. The highest BCUT2D eigenvalue weighted by Crippen LogP contribution is 2.40. The van der Waals surface area contributed by atoms with E-state index in [4.69, 9.17) is 15.6 Å². The second-order valence-corrected chi connectivity index (χ2v) is 5.70. The number of ether oxygens (including phenoxy) is 1. The number of benzene rings is 1. The molecule has 0 radical (unpaired) electrons. The normalized spacial score (nSPS) is 18.7. The topological polar surface area (TPSA) is 72.6 Å². The lowest BCUT2D eigenvalue weighted by molar-refractivity contribution is -0.141. The fourth-order valence-corrected chi connectivity index (χ4v) is 3.24. The zero-order valence-corrected chi connectivity index (χ0v) is 11.7. The third-order valence-electron chi connectivity index (χ3n) is 3.89. The highest BCUT2D eigenvalue weighted by Gasteiger charge is 2.44. The van der Waals surface area contributed by atoms with Crippen molar-refractivity contribution in [2.24, 2.45) is 5.73 Å². The molecule has 1 aromatic carbocycles. The Morgan fingerprint density at radius 1 is 1.37 bits per heavy atom. The maximum atomic E-state index is 11.0. The molecule has 0 amide bonds. The summed E-state index contributed by atoms with van der Waals surface area (Å²) >= 11 is 0. The summed E-state index contributed by atoms with van der Waals surface area (Å²) in [5, 5.41) is 9.03. The number of hydrogen-bond donors (Lipinski definition) is 2. The molecule has 0 aromatic heterocycles. The monoisotopic (exact) mass is 263 g/mol. The minimum Gasteiger partial charge on any atom is -0.480 e. The number of aryl methyl sites for hydroxylation is 3. The molecule has 104 valence electrons. The van der Waals surface area contributed by atoms with E-state index in [1.165, 1.54) is 22.3 Å². The Morgan fingerprint density at radius 2 is 1.89 bits per heavy atom. The molecule has 1 atom stereocenters. The Hall–Kier alpha value is -1.39. The van der Waals surface area contributed by atoms with E-state index in [1.807, 2.05) is 0 Å². The van der Waals surface area contributed by atoms with Gasteiger partial charge in [0.25, 0.3) is 0 Å². The van der Waals surface area contributed by atoms with Crippen molar-refractivity contribution in [3.8, 4) is 0 Å². The van der Waals surface area contributed by atoms with Crippen LogP contribution < -0.4 is 5.73 Å². The third kappa shape index (κ3) is 2.51. The Bertz CT molecular complexity index is 483. The number of aliphatic carboxylic acids is 1. The predicted molar refractivity (Wildman–Crippen MR) is 73.4 cm³/mol. The molecule has 1 heterocycles. The number of carboxylic acid groups (broad SMARTS) is 1. The van der Waals surface area contributed by atoms with Gasteiger partial charge < -0.3 is 15.6 Å². The molecule has 1 unspecified atom stereocenters. The molecular formula is C15H21NO3. The van der Waals surface area contributed by atoms with Crippen LogP contribution >= 0.6 is 0 Å². The van der Waals surface area contributed by atoms with Crippen LogP contribution in [0.5, 0.6) is 0 Å². The van der Waals surface area contributed by atoms with Gasteiger partial charge in [-0.25, -0.2) is 0 Å². The molecule has 0 bridgehead atoms. The first-order valence-electron chi connectivity index (χ1n) is 6.50. The molecule has 0 spiro atoms. The van der Waals surface area contributed by atoms with E-state index in [9.17, 15) is 4.79 Å². The van der Waals surface area contributed by atoms with Crippen LogP contribution in [0.15, 0.2) is 12.1 Å². The lowest BCUT2D eigenvalue weighted by Crippen LogP contribution is -2.52. The summed E-state index contributed by atoms with van der Waals surface area (Å²) in [5.74, 6) is -0.950. The van der Waals surface area contributed by atoms with Crippen LogP contribution in [-0.4, -0.2) is 30.3 Å². The highest BCUT2D eigenvalue weighted by atomic mass is 16.5. The zero-order valence-electron chi connectivity index (χ0n) is 11.7. The summed E-state index contributed by atoms with van der Waals surface area (Å²) in [6.07, 6.45) is 0.424. The van der Waals surface area contributed by atoms with Gasteiger partial charge in [0.15, 0.2) is 0 Å². The second-order valence-electron chi connectivity index (χ2n) is 5.70. The van der Waals surface area contributed by atoms with E-state index in [-0.39, 0.29) is 5.41 Å². The van der Waals surface area contributed by atoms with Gasteiger partial charge in [-0.05, 0) is 43.9 Å². The first-order valence-corrected chi connectivity index (χ1v) is 6.50. The van der Waals surface area contributed by atoms with Crippen LogP contribution in [-0.2, 0) is 14.9 Å². The van der Waals surface area contributed by atoms with E-state index >= 15 is 0 Å². The van der Waals surface area contributed by atoms with Crippen molar-refractivity contribution in [1.82, 2.24) is 0 Å². The smallest absolute Gasteiger partial charge is 0.320 e. The van der Waals surface area contributed by atoms with Crippen molar-refractivity contribution in [3.05, 3.63) is 34.4 Å². The molecule has 1 aliphatic rings. The molecule has 19 heavy (non-hydrogen) atoms. The Balaban J connectivity index is 2.39. The van der Waals surface area contributed by atoms with E-state index in [1.54, 1.807) is 0 Å². The lowest BCUT2D eigenvalue weighted by atomic mass is 9.70. The molecule has 0 aliphatic carbocycles. The van der Waals surface area contributed by atoms with Gasteiger partial charge in [-0.1, -0.05) is 17.7 Å². The van der Waals surface area contributed by atoms with Gasteiger partial charge in [0.2, 0.25) is 0 Å². The van der Waals surface area contributed by atoms with E-state index in [0.717, 1.165) is 0 Å². The maximum Gasteiger partial charge on any atom is 0.320 e. The SMILES string of the molecule is Cc1cc(C)c(C2(CC(N)C(=O)O)COC2)c(C)c1. The van der Waals surface area contributed by atoms with E-state index in [0.29, 0.717) is 19.6 Å². The Morgan fingerprint density at radius 3 is 2.26 bits per heavy atom. The minimum absolute atomic E-state index is 0.236. The number of nitrogens with two attached hydrogens (primary N) is 1. The largest absolute Gasteiger partial charge is 0.480 e. The van der Waals surface area contributed by atoms with Crippen LogP contribution in [0.3, 0.4) is 0 Å². The van der Waals surface area contributed by atoms with Gasteiger partial charge in [-0.15, -0.1) is 0 Å². The quantitative estimate of drug-likeness (QED) is 0.867. The third-order valence-corrected chi connectivity index (χ3v) is 3.89. The average Bonchev–Trinajstić information content (AvgIpc) is 2.23. The summed E-state index contributed by atoms with van der Waals surface area (Å²) in [5.41, 5.74) is 10.3. The Labute approximate surface area is 113 Å². The Kier molecular flexibility index (Phi) is 3.65. The number of carboxylic acids is 1. The molecule has 0 saturated carbocycles. The van der Waals surface area contributed by atoms with Gasteiger partial charge >= 0.3 is 5.97 Å². The summed E-state index contributed by atoms with van der Waals surface area (Å²) in [6.45, 7) is 7.32. The summed E-state index contributed by atoms with van der Waals surface area (Å²) in [7, 11) is 0. The van der Waals surface area contributed by atoms with Crippen LogP contribution in [0.2, 0.25) is 0 Å². The van der Waals surface area contributed by atoms with E-state index in [2.05, 4.69) is 32.9 Å². The number of hydrogen-bond acceptors (Lipinski definition) is 3. The van der Waals surface area contributed by atoms with Crippen molar-refractivity contribution in [2.75, 3.05) is 13.2 Å². The molecule has 3 N–H and O–H groups in total. The van der Waals surface area contributed by atoms with Gasteiger partial charge in [-0.3, -0.25) is 4.79 Å². The molecule has 1 saturated heterocycles. The van der Waals surface area contributed by atoms with Crippen LogP contribution in [0.4, 0.5) is 0 Å². The van der Waals surface area contributed by atoms with E-state index < -0.39 is 12.0 Å². The highest BCUT2D eigenvalue weighted by molar-refractivity contribution is 5.73. The van der Waals surface area contributed by atoms with Crippen molar-refractivity contribution in [2.45, 2.75) is 38.6 Å². The standard InChI is InChI=1S/C15H21NO3/c1-9-4-10(2)13(11(3)5-9)15(7-19-8-15)6-12(16)14(17)18/h4-5,12H,6-8,16H2,1-3H3,(H,17,18). The van der Waals surface area contributed by atoms with Crippen LogP contribution in [0, 0.1) is 20.8 Å². The summed E-state index contributed by atoms with van der Waals surface area (Å²) < 4.78 is 5.37. The molecular weight excluding hydrogens is 242 g/mol.